The predicted molar refractivity (Wildman–Crippen MR) is 61.0 cm³/mol. The Balaban J connectivity index is 2.48. The van der Waals surface area contributed by atoms with Gasteiger partial charge < -0.3 is 10.3 Å². The van der Waals surface area contributed by atoms with Gasteiger partial charge in [0, 0.05) is 0 Å². The first-order valence-electron chi connectivity index (χ1n) is 5.19. The average molecular weight is 217 g/mol. The molecule has 2 aromatic rings. The summed E-state index contributed by atoms with van der Waals surface area (Å²) < 4.78 is 4.72. The van der Waals surface area contributed by atoms with E-state index in [1.54, 1.807) is 0 Å². The second kappa shape index (κ2) is 4.06. The van der Waals surface area contributed by atoms with Crippen LogP contribution in [0.1, 0.15) is 34.1 Å². The maximum Gasteiger partial charge on any atom is 0.213 e. The number of nitrogens with zero attached hydrogens (tertiary/aromatic N) is 2. The van der Waals surface area contributed by atoms with Crippen LogP contribution in [0.25, 0.3) is 0 Å². The molecular weight excluding hydrogens is 202 g/mol. The molecule has 16 heavy (non-hydrogen) atoms. The summed E-state index contributed by atoms with van der Waals surface area (Å²) in [5.41, 5.74) is 10.8. The van der Waals surface area contributed by atoms with Gasteiger partial charge in [0.05, 0.1) is 6.04 Å². The Labute approximate surface area is 94.5 Å². The zero-order valence-corrected chi connectivity index (χ0v) is 9.69. The van der Waals surface area contributed by atoms with E-state index < -0.39 is 0 Å². The van der Waals surface area contributed by atoms with Crippen LogP contribution < -0.4 is 5.73 Å². The van der Waals surface area contributed by atoms with Gasteiger partial charge in [-0.15, -0.1) is 0 Å². The van der Waals surface area contributed by atoms with Gasteiger partial charge in [0.15, 0.2) is 5.82 Å². The maximum atomic E-state index is 6.13. The average Bonchev–Trinajstić information content (AvgIpc) is 2.67. The van der Waals surface area contributed by atoms with Gasteiger partial charge in [0.2, 0.25) is 6.39 Å². The Morgan fingerprint density at radius 3 is 2.31 bits per heavy atom. The van der Waals surface area contributed by atoms with Crippen LogP contribution in [0.2, 0.25) is 0 Å². The molecule has 1 aromatic carbocycles. The standard InChI is InChI=1S/C12H15N3O/c1-7-4-8(2)10(9(3)5-7)11(13)12-14-6-16-15-12/h4-6,11H,13H2,1-3H3. The first kappa shape index (κ1) is 10.8. The number of aryl methyl sites for hydroxylation is 3. The second-order valence-electron chi connectivity index (χ2n) is 4.08. The van der Waals surface area contributed by atoms with Gasteiger partial charge >= 0.3 is 0 Å². The number of hydrogen-bond acceptors (Lipinski definition) is 4. The quantitative estimate of drug-likeness (QED) is 0.836. The maximum absolute atomic E-state index is 6.13. The van der Waals surface area contributed by atoms with E-state index in [4.69, 9.17) is 10.3 Å². The highest BCUT2D eigenvalue weighted by molar-refractivity contribution is 5.41. The third-order valence-corrected chi connectivity index (χ3v) is 2.71. The number of aromatic nitrogens is 2. The van der Waals surface area contributed by atoms with Crippen LogP contribution in [0.3, 0.4) is 0 Å². The summed E-state index contributed by atoms with van der Waals surface area (Å²) in [6, 6.07) is 3.91. The molecule has 0 radical (unpaired) electrons. The largest absolute Gasteiger partial charge is 0.343 e. The predicted octanol–water partition coefficient (Wildman–Crippen LogP) is 2.04. The molecule has 4 nitrogen and oxygen atoms in total. The van der Waals surface area contributed by atoms with Crippen molar-refractivity contribution in [1.82, 2.24) is 10.1 Å². The monoisotopic (exact) mass is 217 g/mol. The van der Waals surface area contributed by atoms with Crippen LogP contribution in [-0.4, -0.2) is 10.1 Å². The molecule has 84 valence electrons. The zero-order valence-electron chi connectivity index (χ0n) is 9.69. The van der Waals surface area contributed by atoms with E-state index in [9.17, 15) is 0 Å². The fourth-order valence-electron chi connectivity index (χ4n) is 2.13. The molecule has 0 aliphatic rings. The van der Waals surface area contributed by atoms with E-state index in [1.807, 2.05) is 0 Å². The van der Waals surface area contributed by atoms with E-state index in [1.165, 1.54) is 12.0 Å². The van der Waals surface area contributed by atoms with Gasteiger partial charge in [0.1, 0.15) is 0 Å². The summed E-state index contributed by atoms with van der Waals surface area (Å²) in [4.78, 5) is 3.99. The molecule has 1 atom stereocenters. The Hall–Kier alpha value is -1.68. The lowest BCUT2D eigenvalue weighted by Gasteiger charge is -2.15. The van der Waals surface area contributed by atoms with E-state index >= 15 is 0 Å². The summed E-state index contributed by atoms with van der Waals surface area (Å²) in [5, 5.41) is 3.79. The van der Waals surface area contributed by atoms with Crippen LogP contribution in [0.4, 0.5) is 0 Å². The number of hydrogen-bond donors (Lipinski definition) is 1. The second-order valence-corrected chi connectivity index (χ2v) is 4.08. The van der Waals surface area contributed by atoms with Crippen LogP contribution in [0, 0.1) is 20.8 Å². The summed E-state index contributed by atoms with van der Waals surface area (Å²) in [7, 11) is 0. The summed E-state index contributed by atoms with van der Waals surface area (Å²) in [6.45, 7) is 6.17. The third-order valence-electron chi connectivity index (χ3n) is 2.71. The minimum Gasteiger partial charge on any atom is -0.343 e. The molecule has 1 unspecified atom stereocenters. The smallest absolute Gasteiger partial charge is 0.213 e. The molecule has 0 saturated carbocycles. The lowest BCUT2D eigenvalue weighted by atomic mass is 9.94. The molecule has 4 heteroatoms. The summed E-state index contributed by atoms with van der Waals surface area (Å²) in [6.07, 6.45) is 1.30. The van der Waals surface area contributed by atoms with Crippen molar-refractivity contribution in [1.29, 1.82) is 0 Å². The summed E-state index contributed by atoms with van der Waals surface area (Å²) in [5.74, 6) is 0.523. The first-order valence-corrected chi connectivity index (χ1v) is 5.19. The molecule has 0 aliphatic heterocycles. The first-order chi connectivity index (χ1) is 7.59. The third kappa shape index (κ3) is 1.84. The van der Waals surface area contributed by atoms with Crippen molar-refractivity contribution in [3.8, 4) is 0 Å². The highest BCUT2D eigenvalue weighted by Crippen LogP contribution is 2.24. The Morgan fingerprint density at radius 2 is 1.81 bits per heavy atom. The highest BCUT2D eigenvalue weighted by atomic mass is 16.5. The van der Waals surface area contributed by atoms with Crippen molar-refractivity contribution in [3.05, 3.63) is 46.6 Å². The molecule has 0 fully saturated rings. The van der Waals surface area contributed by atoms with Gasteiger partial charge in [-0.25, -0.2) is 0 Å². The Kier molecular flexibility index (Phi) is 2.75. The molecule has 2 N–H and O–H groups in total. The molecule has 1 heterocycles. The normalized spacial score (nSPS) is 12.8. The lowest BCUT2D eigenvalue weighted by Crippen LogP contribution is -2.16. The minimum atomic E-state index is -0.320. The summed E-state index contributed by atoms with van der Waals surface area (Å²) >= 11 is 0. The van der Waals surface area contributed by atoms with E-state index in [-0.39, 0.29) is 6.04 Å². The van der Waals surface area contributed by atoms with Gasteiger partial charge in [0.25, 0.3) is 0 Å². The Morgan fingerprint density at radius 1 is 1.19 bits per heavy atom. The molecular formula is C12H15N3O. The van der Waals surface area contributed by atoms with Crippen molar-refractivity contribution >= 4 is 0 Å². The number of nitrogens with two attached hydrogens (primary N) is 1. The molecule has 0 saturated heterocycles. The topological polar surface area (TPSA) is 64.9 Å². The molecule has 0 amide bonds. The van der Waals surface area contributed by atoms with E-state index in [0.29, 0.717) is 5.82 Å². The van der Waals surface area contributed by atoms with Crippen LogP contribution >= 0.6 is 0 Å². The Bertz CT molecular complexity index is 468. The molecule has 2 rings (SSSR count). The molecule has 0 aliphatic carbocycles. The highest BCUT2D eigenvalue weighted by Gasteiger charge is 2.17. The molecule has 0 spiro atoms. The number of benzene rings is 1. The van der Waals surface area contributed by atoms with Crippen molar-refractivity contribution in [3.63, 3.8) is 0 Å². The van der Waals surface area contributed by atoms with Gasteiger partial charge in [-0.3, -0.25) is 0 Å². The SMILES string of the molecule is Cc1cc(C)c(C(N)c2ncon2)c(C)c1. The van der Waals surface area contributed by atoms with Gasteiger partial charge in [-0.05, 0) is 37.5 Å². The van der Waals surface area contributed by atoms with Crippen LogP contribution in [-0.2, 0) is 0 Å². The minimum absolute atomic E-state index is 0.320. The van der Waals surface area contributed by atoms with Crippen molar-refractivity contribution in [2.24, 2.45) is 5.73 Å². The molecule has 1 aromatic heterocycles. The molecule has 0 bridgehead atoms. The van der Waals surface area contributed by atoms with Gasteiger partial charge in [-0.2, -0.15) is 4.98 Å². The van der Waals surface area contributed by atoms with E-state index in [0.717, 1.165) is 16.7 Å². The lowest BCUT2D eigenvalue weighted by molar-refractivity contribution is 0.407. The van der Waals surface area contributed by atoms with Crippen molar-refractivity contribution in [2.75, 3.05) is 0 Å². The fourth-order valence-corrected chi connectivity index (χ4v) is 2.13. The number of rotatable bonds is 2. The van der Waals surface area contributed by atoms with Crippen molar-refractivity contribution < 1.29 is 4.52 Å². The van der Waals surface area contributed by atoms with E-state index in [2.05, 4.69) is 43.0 Å². The van der Waals surface area contributed by atoms with Crippen LogP contribution in [0.5, 0.6) is 0 Å². The fraction of sp³-hybridized carbons (Fsp3) is 0.333. The zero-order chi connectivity index (χ0) is 11.7. The van der Waals surface area contributed by atoms with Crippen LogP contribution in [0.15, 0.2) is 23.0 Å². The van der Waals surface area contributed by atoms with Crippen molar-refractivity contribution in [2.45, 2.75) is 26.8 Å². The van der Waals surface area contributed by atoms with Gasteiger partial charge in [-0.1, -0.05) is 22.9 Å².